The van der Waals surface area contributed by atoms with E-state index in [0.717, 1.165) is 23.7 Å². The zero-order valence-electron chi connectivity index (χ0n) is 36.1. The predicted molar refractivity (Wildman–Crippen MR) is 243 cm³/mol. The average Bonchev–Trinajstić information content (AvgIpc) is 3.74. The maximum atomic E-state index is 2.84. The van der Waals surface area contributed by atoms with Crippen molar-refractivity contribution in [2.24, 2.45) is 29.1 Å². The van der Waals surface area contributed by atoms with Gasteiger partial charge in [0.25, 0.3) is 0 Å². The van der Waals surface area contributed by atoms with E-state index >= 15 is 0 Å². The first kappa shape index (κ1) is 36.1. The van der Waals surface area contributed by atoms with Gasteiger partial charge in [0.2, 0.25) is 0 Å². The summed E-state index contributed by atoms with van der Waals surface area (Å²) in [6, 6.07) is 41.2. The second-order valence-electron chi connectivity index (χ2n) is 22.7. The molecule has 2 heteroatoms. The number of rotatable bonds is 4. The fourth-order valence-corrected chi connectivity index (χ4v) is 16.6. The summed E-state index contributed by atoms with van der Waals surface area (Å²) >= 11 is 2.05. The summed E-state index contributed by atoms with van der Waals surface area (Å²) in [6.07, 6.45) is 10.6. The van der Waals surface area contributed by atoms with Crippen LogP contribution in [0.3, 0.4) is 0 Å². The predicted octanol–water partition coefficient (Wildman–Crippen LogP) is 15.3. The minimum atomic E-state index is 0.0326. The summed E-state index contributed by atoms with van der Waals surface area (Å²) in [4.78, 5) is 5.84. The van der Waals surface area contributed by atoms with Crippen LogP contribution in [0.25, 0.3) is 11.1 Å². The quantitative estimate of drug-likeness (QED) is 0.179. The Bertz CT molecular complexity index is 2480. The number of hydrogen-bond acceptors (Lipinski definition) is 2. The number of hydrogen-bond donors (Lipinski definition) is 0. The largest absolute Gasteiger partial charge is 0.309 e. The molecule has 58 heavy (non-hydrogen) atoms. The lowest BCUT2D eigenvalue weighted by atomic mass is 9.26. The van der Waals surface area contributed by atoms with Gasteiger partial charge in [-0.15, -0.1) is 0 Å². The van der Waals surface area contributed by atoms with E-state index in [1.807, 2.05) is 0 Å². The maximum Gasteiger partial charge on any atom is 0.0544 e. The molecular formula is C56H61NS. The standard InChI is InChI=1S/C56H61NS/c1-51(2)24-26-53(5,6)49-39(51)19-14-21-42(49)57(43-22-15-20-40-50(43)54(7,8)27-25-52(40,3)4)44-32-41-46(31-37(44)35-16-10-9-11-17-35)58-45-23-13-12-18-38(45)56(41)47-29-34-28-36-30-48(56)55(36,47)33-34/h9-23,31-32,34,36,47-48H,24-30,33H2,1-8H3. The molecule has 4 fully saturated rings. The van der Waals surface area contributed by atoms with Crippen molar-refractivity contribution in [3.8, 4) is 11.1 Å². The van der Waals surface area contributed by atoms with E-state index in [0.29, 0.717) is 5.41 Å². The van der Waals surface area contributed by atoms with Crippen LogP contribution in [0.4, 0.5) is 17.1 Å². The molecule has 5 aromatic rings. The molecule has 1 aliphatic heterocycles. The molecular weight excluding hydrogens is 719 g/mol. The van der Waals surface area contributed by atoms with E-state index in [1.165, 1.54) is 100 Å². The van der Waals surface area contributed by atoms with Crippen molar-refractivity contribution >= 4 is 28.8 Å². The van der Waals surface area contributed by atoms with Crippen molar-refractivity contribution in [1.29, 1.82) is 0 Å². The summed E-state index contributed by atoms with van der Waals surface area (Å²) in [6.45, 7) is 20.1. The van der Waals surface area contributed by atoms with Crippen LogP contribution >= 0.6 is 11.8 Å². The molecule has 6 unspecified atom stereocenters. The van der Waals surface area contributed by atoms with Gasteiger partial charge in [0.1, 0.15) is 0 Å². The van der Waals surface area contributed by atoms with Crippen molar-refractivity contribution in [2.45, 2.75) is 144 Å². The van der Waals surface area contributed by atoms with E-state index in [4.69, 9.17) is 0 Å². The molecule has 0 N–H and O–H groups in total. The van der Waals surface area contributed by atoms with Crippen LogP contribution < -0.4 is 4.90 Å². The van der Waals surface area contributed by atoms with E-state index in [1.54, 1.807) is 22.3 Å². The Balaban J connectivity index is 1.21. The molecule has 6 atom stereocenters. The minimum Gasteiger partial charge on any atom is -0.309 e. The summed E-state index contributed by atoms with van der Waals surface area (Å²) in [7, 11) is 0. The molecule has 2 bridgehead atoms. The van der Waals surface area contributed by atoms with Gasteiger partial charge in [0.05, 0.1) is 17.1 Å². The summed E-state index contributed by atoms with van der Waals surface area (Å²) < 4.78 is 0. The average molecular weight is 780 g/mol. The number of nitrogens with zero attached hydrogens (tertiary/aromatic N) is 1. The molecule has 2 spiro atoms. The van der Waals surface area contributed by atoms with Crippen molar-refractivity contribution < 1.29 is 0 Å². The molecule has 6 aliphatic carbocycles. The highest BCUT2D eigenvalue weighted by atomic mass is 32.2. The van der Waals surface area contributed by atoms with Crippen molar-refractivity contribution in [1.82, 2.24) is 0 Å². The number of fused-ring (bicyclic) bond motifs is 9. The van der Waals surface area contributed by atoms with Crippen LogP contribution in [0.2, 0.25) is 0 Å². The van der Waals surface area contributed by atoms with Gasteiger partial charge in [-0.3, -0.25) is 0 Å². The first-order chi connectivity index (χ1) is 27.7. The maximum absolute atomic E-state index is 2.84. The van der Waals surface area contributed by atoms with Gasteiger partial charge in [-0.2, -0.15) is 0 Å². The van der Waals surface area contributed by atoms with E-state index in [9.17, 15) is 0 Å². The Morgan fingerprint density at radius 3 is 1.71 bits per heavy atom. The van der Waals surface area contributed by atoms with Gasteiger partial charge in [-0.05, 0) is 171 Å². The Morgan fingerprint density at radius 1 is 0.500 bits per heavy atom. The topological polar surface area (TPSA) is 3.24 Å². The van der Waals surface area contributed by atoms with E-state index < -0.39 is 0 Å². The Morgan fingerprint density at radius 2 is 1.07 bits per heavy atom. The van der Waals surface area contributed by atoms with Gasteiger partial charge < -0.3 is 4.90 Å². The smallest absolute Gasteiger partial charge is 0.0544 e. The Kier molecular flexibility index (Phi) is 7.19. The molecule has 12 rings (SSSR count). The van der Waals surface area contributed by atoms with Crippen LogP contribution in [-0.2, 0) is 27.1 Å². The number of anilines is 3. The lowest BCUT2D eigenvalue weighted by Gasteiger charge is -2.78. The third-order valence-corrected chi connectivity index (χ3v) is 19.2. The summed E-state index contributed by atoms with van der Waals surface area (Å²) in [5, 5.41) is 0. The summed E-state index contributed by atoms with van der Waals surface area (Å²) in [5.41, 5.74) is 17.2. The highest BCUT2D eigenvalue weighted by Gasteiger charge is 2.84. The molecule has 0 amide bonds. The molecule has 1 nitrogen and oxygen atoms in total. The second kappa shape index (κ2) is 11.5. The van der Waals surface area contributed by atoms with Gasteiger partial charge in [0.15, 0.2) is 0 Å². The van der Waals surface area contributed by atoms with Gasteiger partial charge in [0, 0.05) is 20.8 Å². The zero-order valence-corrected chi connectivity index (χ0v) is 37.0. The van der Waals surface area contributed by atoms with E-state index in [2.05, 4.69) is 175 Å². The molecule has 5 aromatic carbocycles. The fourth-order valence-electron chi connectivity index (χ4n) is 15.3. The molecule has 7 aliphatic rings. The van der Waals surface area contributed by atoms with Crippen LogP contribution in [0.5, 0.6) is 0 Å². The van der Waals surface area contributed by atoms with E-state index in [-0.39, 0.29) is 27.1 Å². The van der Waals surface area contributed by atoms with Gasteiger partial charge in [-0.25, -0.2) is 0 Å². The second-order valence-corrected chi connectivity index (χ2v) is 23.7. The molecule has 296 valence electrons. The van der Waals surface area contributed by atoms with Crippen LogP contribution in [0.15, 0.2) is 113 Å². The van der Waals surface area contributed by atoms with Crippen LogP contribution in [0, 0.1) is 29.1 Å². The third-order valence-electron chi connectivity index (χ3n) is 18.1. The molecule has 1 heterocycles. The fraction of sp³-hybridized carbons (Fsp3) is 0.464. The lowest BCUT2D eigenvalue weighted by molar-refractivity contribution is -0.235. The lowest BCUT2D eigenvalue weighted by Crippen LogP contribution is -2.74. The first-order valence-corrected chi connectivity index (χ1v) is 23.6. The van der Waals surface area contributed by atoms with Gasteiger partial charge >= 0.3 is 0 Å². The molecule has 4 saturated carbocycles. The molecule has 0 saturated heterocycles. The SMILES string of the molecule is CC1(C)CCC(C)(C)c2c(N(c3cc4c(cc3-c3ccccc3)Sc3ccccc3C43C4CC5CC6CC3C64C5)c3cccc4c3C(C)(C)CCC4(C)C)cccc21. The number of benzene rings is 5. The van der Waals surface area contributed by atoms with Crippen molar-refractivity contribution in [3.05, 3.63) is 137 Å². The van der Waals surface area contributed by atoms with Crippen LogP contribution in [0.1, 0.15) is 140 Å². The molecule has 0 radical (unpaired) electrons. The monoisotopic (exact) mass is 779 g/mol. The normalized spacial score (nSPS) is 31.5. The molecule has 0 aromatic heterocycles. The van der Waals surface area contributed by atoms with Crippen LogP contribution in [-0.4, -0.2) is 0 Å². The Labute approximate surface area is 352 Å². The third kappa shape index (κ3) is 4.42. The summed E-state index contributed by atoms with van der Waals surface area (Å²) in [5.74, 6) is 3.38. The first-order valence-electron chi connectivity index (χ1n) is 22.8. The zero-order chi connectivity index (χ0) is 39.8. The van der Waals surface area contributed by atoms with Crippen molar-refractivity contribution in [3.63, 3.8) is 0 Å². The highest BCUT2D eigenvalue weighted by Crippen LogP contribution is 2.89. The Hall–Kier alpha value is -3.75. The van der Waals surface area contributed by atoms with Gasteiger partial charge in [-0.1, -0.05) is 140 Å². The minimum absolute atomic E-state index is 0.0326. The van der Waals surface area contributed by atoms with Crippen molar-refractivity contribution in [2.75, 3.05) is 4.90 Å². The highest BCUT2D eigenvalue weighted by molar-refractivity contribution is 7.99.